The molecule has 1 N–H and O–H groups in total. The van der Waals surface area contributed by atoms with Gasteiger partial charge in [-0.1, -0.05) is 17.9 Å². The van der Waals surface area contributed by atoms with Crippen molar-refractivity contribution in [3.63, 3.8) is 0 Å². The quantitative estimate of drug-likeness (QED) is 0.463. The Hall–Kier alpha value is -3.41. The number of rotatable bonds is 2. The minimum absolute atomic E-state index is 0.144. The minimum Gasteiger partial charge on any atom is -0.459 e. The number of carbonyl (C=O) groups excluding carboxylic acids is 1. The summed E-state index contributed by atoms with van der Waals surface area (Å²) in [4.78, 5) is 20.2. The molecule has 1 amide bonds. The molecule has 1 aliphatic rings. The topological polar surface area (TPSA) is 61.1 Å². The molecule has 1 fully saturated rings. The van der Waals surface area contributed by atoms with Crippen molar-refractivity contribution in [1.82, 2.24) is 15.1 Å². The number of hydrogen-bond acceptors (Lipinski definition) is 3. The molecule has 0 spiro atoms. The van der Waals surface area contributed by atoms with Crippen LogP contribution in [0.3, 0.4) is 0 Å². The molecule has 9 heteroatoms. The van der Waals surface area contributed by atoms with E-state index >= 15 is 0 Å². The van der Waals surface area contributed by atoms with Crippen molar-refractivity contribution in [2.45, 2.75) is 6.18 Å². The van der Waals surface area contributed by atoms with E-state index in [2.05, 4.69) is 22.2 Å². The molecule has 1 saturated heterocycles. The Morgan fingerprint density at radius 2 is 1.90 bits per heavy atom. The van der Waals surface area contributed by atoms with Crippen LogP contribution in [-0.2, 0) is 6.18 Å². The number of nitrogens with zero attached hydrogens (tertiary/aromatic N) is 3. The number of furan rings is 1. The van der Waals surface area contributed by atoms with Crippen molar-refractivity contribution < 1.29 is 22.4 Å². The third-order valence-electron chi connectivity index (χ3n) is 4.57. The first kappa shape index (κ1) is 21.3. The van der Waals surface area contributed by atoms with E-state index in [0.717, 1.165) is 12.1 Å². The summed E-state index contributed by atoms with van der Waals surface area (Å²) in [5, 5.41) is 3.08. The molecular formula is C21H21F3N4O2. The number of alkyl halides is 3. The fourth-order valence-corrected chi connectivity index (χ4v) is 3.05. The summed E-state index contributed by atoms with van der Waals surface area (Å²) in [5.74, 6) is 6.34. The summed E-state index contributed by atoms with van der Waals surface area (Å²) in [6.07, 6.45) is -2.92. The van der Waals surface area contributed by atoms with Crippen LogP contribution in [0, 0.1) is 11.8 Å². The molecular weight excluding hydrogens is 397 g/mol. The highest BCUT2D eigenvalue weighted by molar-refractivity contribution is 5.91. The Morgan fingerprint density at radius 3 is 2.53 bits per heavy atom. The largest absolute Gasteiger partial charge is 0.459 e. The van der Waals surface area contributed by atoms with Gasteiger partial charge >= 0.3 is 6.18 Å². The fourth-order valence-electron chi connectivity index (χ4n) is 3.05. The average Bonchev–Trinajstić information content (AvgIpc) is 3.28. The Morgan fingerprint density at radius 1 is 1.17 bits per heavy atom. The van der Waals surface area contributed by atoms with Gasteiger partial charge < -0.3 is 19.5 Å². The number of amides is 1. The van der Waals surface area contributed by atoms with Gasteiger partial charge in [-0.15, -0.1) is 0 Å². The lowest BCUT2D eigenvalue weighted by Crippen LogP contribution is -2.53. The minimum atomic E-state index is -4.39. The number of nitrogens with one attached hydrogen (secondary N) is 1. The van der Waals surface area contributed by atoms with Gasteiger partial charge in [-0.25, -0.2) is 0 Å². The van der Waals surface area contributed by atoms with Crippen molar-refractivity contribution in [2.24, 2.45) is 4.99 Å². The predicted molar refractivity (Wildman–Crippen MR) is 106 cm³/mol. The van der Waals surface area contributed by atoms with Crippen LogP contribution >= 0.6 is 0 Å². The monoisotopic (exact) mass is 418 g/mol. The summed E-state index contributed by atoms with van der Waals surface area (Å²) in [6.45, 7) is 2.46. The highest BCUT2D eigenvalue weighted by Crippen LogP contribution is 2.29. The van der Waals surface area contributed by atoms with Gasteiger partial charge in [-0.05, 0) is 30.3 Å². The Labute approximate surface area is 172 Å². The van der Waals surface area contributed by atoms with Gasteiger partial charge in [-0.3, -0.25) is 9.79 Å². The number of guanidine groups is 1. The predicted octanol–water partition coefficient (Wildman–Crippen LogP) is 2.68. The molecule has 0 bridgehead atoms. The number of piperazine rings is 1. The normalized spacial score (nSPS) is 14.9. The van der Waals surface area contributed by atoms with E-state index in [1.807, 2.05) is 4.90 Å². The highest BCUT2D eigenvalue weighted by Gasteiger charge is 2.30. The molecule has 158 valence electrons. The van der Waals surface area contributed by atoms with Gasteiger partial charge in [0.25, 0.3) is 5.91 Å². The zero-order chi connectivity index (χ0) is 21.6. The maximum absolute atomic E-state index is 12.8. The van der Waals surface area contributed by atoms with E-state index in [1.165, 1.54) is 18.4 Å². The van der Waals surface area contributed by atoms with E-state index in [0.29, 0.717) is 43.5 Å². The molecule has 0 aliphatic carbocycles. The zero-order valence-corrected chi connectivity index (χ0v) is 16.4. The number of benzene rings is 1. The molecule has 3 rings (SSSR count). The highest BCUT2D eigenvalue weighted by atomic mass is 19.4. The summed E-state index contributed by atoms with van der Waals surface area (Å²) < 4.78 is 43.4. The van der Waals surface area contributed by atoms with E-state index in [-0.39, 0.29) is 12.5 Å². The van der Waals surface area contributed by atoms with Crippen molar-refractivity contribution in [3.05, 3.63) is 59.5 Å². The lowest BCUT2D eigenvalue weighted by atomic mass is 10.1. The van der Waals surface area contributed by atoms with Gasteiger partial charge in [-0.2, -0.15) is 13.2 Å². The van der Waals surface area contributed by atoms with Crippen LogP contribution in [0.15, 0.2) is 52.1 Å². The summed E-state index contributed by atoms with van der Waals surface area (Å²) >= 11 is 0. The lowest BCUT2D eigenvalue weighted by Gasteiger charge is -2.36. The van der Waals surface area contributed by atoms with Crippen LogP contribution in [-0.4, -0.2) is 61.4 Å². The second-order valence-corrected chi connectivity index (χ2v) is 6.54. The van der Waals surface area contributed by atoms with Crippen molar-refractivity contribution in [1.29, 1.82) is 0 Å². The maximum Gasteiger partial charge on any atom is 0.416 e. The second-order valence-electron chi connectivity index (χ2n) is 6.54. The zero-order valence-electron chi connectivity index (χ0n) is 16.4. The molecule has 0 atom stereocenters. The second kappa shape index (κ2) is 9.39. The molecule has 1 aromatic carbocycles. The smallest absolute Gasteiger partial charge is 0.416 e. The fraction of sp³-hybridized carbons (Fsp3) is 0.333. The first-order valence-electron chi connectivity index (χ1n) is 9.33. The van der Waals surface area contributed by atoms with Crippen LogP contribution in [0.25, 0.3) is 0 Å². The Balaban J connectivity index is 1.51. The summed E-state index contributed by atoms with van der Waals surface area (Å²) in [6, 6.07) is 8.22. The first-order chi connectivity index (χ1) is 14.4. The van der Waals surface area contributed by atoms with Gasteiger partial charge in [0.2, 0.25) is 0 Å². The molecule has 0 radical (unpaired) electrons. The number of aliphatic imine (C=N–C) groups is 1. The maximum atomic E-state index is 12.8. The number of halogens is 3. The van der Waals surface area contributed by atoms with Crippen molar-refractivity contribution in [2.75, 3.05) is 39.8 Å². The first-order valence-corrected chi connectivity index (χ1v) is 9.33. The molecule has 2 aromatic rings. The summed E-state index contributed by atoms with van der Waals surface area (Å²) in [5.41, 5.74) is -0.424. The van der Waals surface area contributed by atoms with Crippen LogP contribution in [0.1, 0.15) is 21.7 Å². The Bertz CT molecular complexity index is 951. The third kappa shape index (κ3) is 5.35. The van der Waals surface area contributed by atoms with Crippen LogP contribution in [0.4, 0.5) is 13.2 Å². The van der Waals surface area contributed by atoms with Crippen molar-refractivity contribution >= 4 is 11.9 Å². The molecule has 1 aliphatic heterocycles. The van der Waals surface area contributed by atoms with E-state index in [9.17, 15) is 18.0 Å². The lowest BCUT2D eigenvalue weighted by molar-refractivity contribution is -0.137. The molecule has 1 aromatic heterocycles. The van der Waals surface area contributed by atoms with E-state index < -0.39 is 11.7 Å². The molecule has 0 unspecified atom stereocenters. The average molecular weight is 418 g/mol. The summed E-state index contributed by atoms with van der Waals surface area (Å²) in [7, 11) is 1.64. The van der Waals surface area contributed by atoms with Gasteiger partial charge in [0, 0.05) is 38.8 Å². The number of hydrogen-bond donors (Lipinski definition) is 1. The van der Waals surface area contributed by atoms with Gasteiger partial charge in [0.1, 0.15) is 0 Å². The SMILES string of the molecule is CN=C(NCC#Cc1cccc(C(F)(F)F)c1)N1CCN(C(=O)c2ccco2)CC1. The standard InChI is InChI=1S/C21H21F3N4O2/c1-25-20(26-9-3-6-16-5-2-7-17(15-16)21(22,23)24)28-12-10-27(11-13-28)19(29)18-8-4-14-30-18/h2,4-5,7-8,14-15H,9-13H2,1H3,(H,25,26). The van der Waals surface area contributed by atoms with Crippen LogP contribution < -0.4 is 5.32 Å². The molecule has 30 heavy (non-hydrogen) atoms. The molecule has 2 heterocycles. The molecule has 6 nitrogen and oxygen atoms in total. The molecule has 0 saturated carbocycles. The van der Waals surface area contributed by atoms with Crippen molar-refractivity contribution in [3.8, 4) is 11.8 Å². The Kier molecular flexibility index (Phi) is 6.67. The van der Waals surface area contributed by atoms with E-state index in [4.69, 9.17) is 4.42 Å². The number of carbonyl (C=O) groups is 1. The van der Waals surface area contributed by atoms with Crippen LogP contribution in [0.2, 0.25) is 0 Å². The van der Waals surface area contributed by atoms with E-state index in [1.54, 1.807) is 24.1 Å². The van der Waals surface area contributed by atoms with Gasteiger partial charge in [0.15, 0.2) is 11.7 Å². The third-order valence-corrected chi connectivity index (χ3v) is 4.57. The van der Waals surface area contributed by atoms with Crippen LogP contribution in [0.5, 0.6) is 0 Å². The van der Waals surface area contributed by atoms with Gasteiger partial charge in [0.05, 0.1) is 18.4 Å².